The number of rotatable bonds is 26. The normalized spacial score (nSPS) is 11.6. The van der Waals surface area contributed by atoms with Crippen LogP contribution in [0.1, 0.15) is 142 Å². The van der Waals surface area contributed by atoms with Crippen LogP contribution in [0.25, 0.3) is 0 Å². The van der Waals surface area contributed by atoms with Crippen LogP contribution in [0, 0.1) is 0 Å². The van der Waals surface area contributed by atoms with Gasteiger partial charge in [-0.25, -0.2) is 0 Å². The van der Waals surface area contributed by atoms with Crippen molar-refractivity contribution >= 4 is 23.5 Å². The summed E-state index contributed by atoms with van der Waals surface area (Å²) in [7, 11) is 0. The molecule has 0 saturated carbocycles. The zero-order valence-electron chi connectivity index (χ0n) is 20.7. The topological polar surface area (TPSA) is 23.5 Å². The third-order valence-corrected chi connectivity index (χ3v) is 7.88. The number of nitrogens with zero attached hydrogens (tertiary/aromatic N) is 1. The van der Waals surface area contributed by atoms with Crippen molar-refractivity contribution in [1.29, 1.82) is 0 Å². The van der Waals surface area contributed by atoms with E-state index in [0.717, 1.165) is 11.8 Å². The summed E-state index contributed by atoms with van der Waals surface area (Å²) in [6.45, 7) is 4.57. The van der Waals surface area contributed by atoms with Gasteiger partial charge < -0.3 is 5.21 Å². The van der Waals surface area contributed by atoms with Gasteiger partial charge in [-0.1, -0.05) is 129 Å². The van der Waals surface area contributed by atoms with Crippen molar-refractivity contribution in [3.8, 4) is 0 Å². The number of unbranched alkanes of at least 4 members (excludes halogenated alkanes) is 18. The summed E-state index contributed by atoms with van der Waals surface area (Å²) in [5, 5.41) is 11.5. The Hall–Kier alpha value is 0.620. The molecule has 0 fully saturated rings. The van der Waals surface area contributed by atoms with Crippen molar-refractivity contribution in [3.63, 3.8) is 0 Å². The molecule has 4 heteroatoms. The smallest absolute Gasteiger partial charge is 0.0703 e. The Morgan fingerprint density at radius 3 is 1.00 bits per heavy atom. The number of hydrogen-bond acceptors (Lipinski definition) is 4. The van der Waals surface area contributed by atoms with Gasteiger partial charge in [0.15, 0.2) is 0 Å². The third-order valence-electron chi connectivity index (χ3n) is 5.77. The predicted molar refractivity (Wildman–Crippen MR) is 142 cm³/mol. The maximum Gasteiger partial charge on any atom is 0.0703 e. The van der Waals surface area contributed by atoms with Crippen molar-refractivity contribution in [2.75, 3.05) is 23.3 Å². The van der Waals surface area contributed by atoms with E-state index in [1.807, 2.05) is 23.5 Å². The lowest BCUT2D eigenvalue weighted by atomic mass is 10.1. The summed E-state index contributed by atoms with van der Waals surface area (Å²) in [6, 6.07) is 0. The van der Waals surface area contributed by atoms with Gasteiger partial charge in [-0.05, 0) is 24.3 Å². The molecule has 0 unspecified atom stereocenters. The Kier molecular flexibility index (Phi) is 28.2. The van der Waals surface area contributed by atoms with Crippen LogP contribution in [0.2, 0.25) is 0 Å². The molecule has 0 aromatic rings. The first-order valence-electron chi connectivity index (χ1n) is 13.4. The van der Waals surface area contributed by atoms with Crippen LogP contribution in [0.15, 0.2) is 0 Å². The quantitative estimate of drug-likeness (QED) is 0.0786. The summed E-state index contributed by atoms with van der Waals surface area (Å²) in [6.07, 6.45) is 27.9. The fourth-order valence-corrected chi connectivity index (χ4v) is 5.55. The maximum atomic E-state index is 9.96. The number of thioether (sulfide) groups is 2. The minimum atomic E-state index is 0.766. The highest BCUT2D eigenvalue weighted by Crippen LogP contribution is 2.15. The fourth-order valence-electron chi connectivity index (χ4n) is 3.76. The first-order valence-corrected chi connectivity index (χ1v) is 15.7. The molecule has 0 aromatic carbocycles. The van der Waals surface area contributed by atoms with Crippen molar-refractivity contribution in [3.05, 3.63) is 0 Å². The zero-order chi connectivity index (χ0) is 22.0. The summed E-state index contributed by atoms with van der Waals surface area (Å²) >= 11 is 3.77. The lowest BCUT2D eigenvalue weighted by Gasteiger charge is -2.13. The Labute approximate surface area is 199 Å². The van der Waals surface area contributed by atoms with Gasteiger partial charge >= 0.3 is 0 Å². The van der Waals surface area contributed by atoms with E-state index in [0.29, 0.717) is 0 Å². The molecule has 2 nitrogen and oxygen atoms in total. The van der Waals surface area contributed by atoms with Crippen molar-refractivity contribution < 1.29 is 5.21 Å². The summed E-state index contributed by atoms with van der Waals surface area (Å²) < 4.78 is 0. The molecule has 1 N–H and O–H groups in total. The van der Waals surface area contributed by atoms with E-state index in [-0.39, 0.29) is 0 Å². The number of hydrogen-bond donors (Lipinski definition) is 1. The molecule has 0 amide bonds. The van der Waals surface area contributed by atoms with Crippen LogP contribution < -0.4 is 0 Å². The van der Waals surface area contributed by atoms with Crippen LogP contribution in [-0.2, 0) is 0 Å². The van der Waals surface area contributed by atoms with E-state index in [1.54, 1.807) is 0 Å². The second-order valence-electron chi connectivity index (χ2n) is 8.95. The van der Waals surface area contributed by atoms with Gasteiger partial charge in [0.05, 0.1) is 11.8 Å². The van der Waals surface area contributed by atoms with E-state index in [4.69, 9.17) is 0 Å². The van der Waals surface area contributed by atoms with Gasteiger partial charge in [-0.3, -0.25) is 0 Å². The molecule has 0 saturated heterocycles. The lowest BCUT2D eigenvalue weighted by Crippen LogP contribution is -2.18. The van der Waals surface area contributed by atoms with Crippen molar-refractivity contribution in [2.24, 2.45) is 0 Å². The number of hydroxylamine groups is 2. The standard InChI is InChI=1S/C26H55NOS2/c1-3-5-7-9-11-13-15-17-19-21-23-29-25-27(28)26-30-24-22-20-18-16-14-12-10-8-6-4-2/h28H,3-26H2,1-2H3. The SMILES string of the molecule is CCCCCCCCCCCCSCN(O)CSCCCCCCCCCCCC. The minimum Gasteiger partial charge on any atom is -0.312 e. The molecule has 0 spiro atoms. The molecular formula is C26H55NOS2. The molecule has 0 aliphatic heterocycles. The van der Waals surface area contributed by atoms with Gasteiger partial charge in [0.1, 0.15) is 0 Å². The van der Waals surface area contributed by atoms with E-state index in [2.05, 4.69) is 13.8 Å². The molecule has 0 bridgehead atoms. The second-order valence-corrected chi connectivity index (χ2v) is 11.1. The van der Waals surface area contributed by atoms with Crippen LogP contribution in [0.3, 0.4) is 0 Å². The van der Waals surface area contributed by atoms with Gasteiger partial charge in [0.25, 0.3) is 0 Å². The van der Waals surface area contributed by atoms with Crippen LogP contribution in [-0.4, -0.2) is 33.5 Å². The second kappa shape index (κ2) is 27.7. The molecule has 0 aromatic heterocycles. The fraction of sp³-hybridized carbons (Fsp3) is 1.00. The molecule has 0 aliphatic carbocycles. The Morgan fingerprint density at radius 2 is 0.700 bits per heavy atom. The van der Waals surface area contributed by atoms with E-state index in [9.17, 15) is 5.21 Å². The van der Waals surface area contributed by atoms with Gasteiger partial charge in [-0.15, -0.1) is 23.5 Å². The highest BCUT2D eigenvalue weighted by atomic mass is 32.2. The lowest BCUT2D eigenvalue weighted by molar-refractivity contribution is -0.0516. The Balaban J connectivity index is 3.13. The van der Waals surface area contributed by atoms with Gasteiger partial charge in [0, 0.05) is 0 Å². The molecule has 0 rings (SSSR count). The average molecular weight is 462 g/mol. The maximum absolute atomic E-state index is 9.96. The first kappa shape index (κ1) is 30.6. The predicted octanol–water partition coefficient (Wildman–Crippen LogP) is 9.90. The third kappa shape index (κ3) is 26.7. The molecule has 0 heterocycles. The molecular weight excluding hydrogens is 406 g/mol. The molecule has 0 aliphatic rings. The summed E-state index contributed by atoms with van der Waals surface area (Å²) in [5.41, 5.74) is 0. The van der Waals surface area contributed by atoms with E-state index >= 15 is 0 Å². The molecule has 30 heavy (non-hydrogen) atoms. The highest BCUT2D eigenvalue weighted by Gasteiger charge is 2.01. The van der Waals surface area contributed by atoms with Crippen molar-refractivity contribution in [1.82, 2.24) is 5.06 Å². The summed E-state index contributed by atoms with van der Waals surface area (Å²) in [5.74, 6) is 3.91. The Bertz CT molecular complexity index is 277. The molecule has 0 radical (unpaired) electrons. The Morgan fingerprint density at radius 1 is 0.433 bits per heavy atom. The zero-order valence-corrected chi connectivity index (χ0v) is 22.3. The summed E-state index contributed by atoms with van der Waals surface area (Å²) in [4.78, 5) is 0. The van der Waals surface area contributed by atoms with Crippen molar-refractivity contribution in [2.45, 2.75) is 142 Å². The van der Waals surface area contributed by atoms with Gasteiger partial charge in [-0.2, -0.15) is 5.06 Å². The van der Waals surface area contributed by atoms with Crippen LogP contribution in [0.4, 0.5) is 0 Å². The van der Waals surface area contributed by atoms with E-state index in [1.165, 1.54) is 145 Å². The monoisotopic (exact) mass is 461 g/mol. The van der Waals surface area contributed by atoms with Gasteiger partial charge in [0.2, 0.25) is 0 Å². The van der Waals surface area contributed by atoms with Crippen LogP contribution in [0.5, 0.6) is 0 Å². The minimum absolute atomic E-state index is 0.766. The molecule has 182 valence electrons. The molecule has 0 atom stereocenters. The largest absolute Gasteiger partial charge is 0.312 e. The highest BCUT2D eigenvalue weighted by molar-refractivity contribution is 8.00. The van der Waals surface area contributed by atoms with E-state index < -0.39 is 0 Å². The first-order chi connectivity index (χ1) is 14.8. The van der Waals surface area contributed by atoms with Crippen LogP contribution >= 0.6 is 23.5 Å². The average Bonchev–Trinajstić information content (AvgIpc) is 2.75.